The second-order valence-electron chi connectivity index (χ2n) is 18.6. The van der Waals surface area contributed by atoms with Crippen molar-refractivity contribution in [3.05, 3.63) is 309 Å². The molecule has 0 saturated carbocycles. The van der Waals surface area contributed by atoms with E-state index < -0.39 is 0 Å². The molecule has 0 saturated heterocycles. The highest BCUT2D eigenvalue weighted by Crippen LogP contribution is 2.50. The fraction of sp³-hybridized carbons (Fsp3) is 0.0141. The third kappa shape index (κ3) is 8.96. The maximum absolute atomic E-state index is 4.52. The van der Waals surface area contributed by atoms with Crippen LogP contribution in [0, 0.1) is 6.92 Å². The molecule has 0 aliphatic rings. The first-order valence-electron chi connectivity index (χ1n) is 25.5. The zero-order valence-corrected chi connectivity index (χ0v) is 41.8. The van der Waals surface area contributed by atoms with E-state index in [1.807, 2.05) is 6.08 Å². The van der Waals surface area contributed by atoms with Crippen molar-refractivity contribution >= 4 is 95.9 Å². The number of benzene rings is 12. The highest BCUT2D eigenvalue weighted by Gasteiger charge is 2.25. The van der Waals surface area contributed by atoms with Gasteiger partial charge in [-0.25, -0.2) is 0 Å². The topological polar surface area (TPSA) is 13.0 Å². The third-order valence-electron chi connectivity index (χ3n) is 14.0. The summed E-state index contributed by atoms with van der Waals surface area (Å²) in [5.41, 5.74) is 17.5. The summed E-state index contributed by atoms with van der Waals surface area (Å²) in [6.45, 7) is 6.78. The molecule has 0 aromatic heterocycles. The molecule has 0 spiro atoms. The molecule has 0 radical (unpaired) electrons. The van der Waals surface area contributed by atoms with Crippen LogP contribution in [0.25, 0.3) is 38.7 Å². The molecule has 0 N–H and O–H groups in total. The Morgan fingerprint density at radius 3 is 0.813 bits per heavy atom. The normalized spacial score (nSPS) is 11.1. The summed E-state index contributed by atoms with van der Waals surface area (Å²) in [5, 5.41) is 4.61. The zero-order chi connectivity index (χ0) is 50.5. The number of aryl methyl sites for hydroxylation is 1. The number of para-hydroxylation sites is 6. The molecule has 0 aliphatic carbocycles. The van der Waals surface area contributed by atoms with E-state index >= 15 is 0 Å². The molecule has 358 valence electrons. The lowest BCUT2D eigenvalue weighted by Gasteiger charge is -2.31. The Morgan fingerprint density at radius 1 is 0.253 bits per heavy atom. The summed E-state index contributed by atoms with van der Waals surface area (Å²) >= 11 is 0. The zero-order valence-electron chi connectivity index (χ0n) is 41.8. The van der Waals surface area contributed by atoms with Gasteiger partial charge in [0, 0.05) is 67.6 Å². The Labute approximate surface area is 440 Å². The second-order valence-corrected chi connectivity index (χ2v) is 18.6. The van der Waals surface area contributed by atoms with Crippen molar-refractivity contribution in [2.75, 3.05) is 19.6 Å². The Bertz CT molecular complexity index is 3810. The molecule has 0 fully saturated rings. The van der Waals surface area contributed by atoms with Gasteiger partial charge in [-0.3, -0.25) is 0 Å². The molecule has 4 nitrogen and oxygen atoms in total. The Hall–Kier alpha value is -9.90. The first-order valence-corrected chi connectivity index (χ1v) is 25.5. The lowest BCUT2D eigenvalue weighted by Crippen LogP contribution is -2.13. The molecule has 0 bridgehead atoms. The van der Waals surface area contributed by atoms with E-state index in [0.717, 1.165) is 95.5 Å². The Morgan fingerprint density at radius 2 is 0.493 bits per heavy atom. The van der Waals surface area contributed by atoms with Gasteiger partial charge in [-0.15, -0.1) is 0 Å². The van der Waals surface area contributed by atoms with Gasteiger partial charge >= 0.3 is 0 Å². The van der Waals surface area contributed by atoms with E-state index in [1.165, 1.54) is 16.5 Å². The molecule has 0 amide bonds. The van der Waals surface area contributed by atoms with Crippen LogP contribution in [0.3, 0.4) is 0 Å². The fourth-order valence-corrected chi connectivity index (χ4v) is 10.7. The van der Waals surface area contributed by atoms with Crippen molar-refractivity contribution in [1.82, 2.24) is 0 Å². The number of hydrogen-bond acceptors (Lipinski definition) is 4. The summed E-state index contributed by atoms with van der Waals surface area (Å²) in [6, 6.07) is 104. The number of fused-ring (bicyclic) bond motifs is 2. The Kier molecular flexibility index (Phi) is 12.7. The van der Waals surface area contributed by atoms with Gasteiger partial charge in [-0.2, -0.15) is 0 Å². The largest absolute Gasteiger partial charge is 0.311 e. The number of hydrogen-bond donors (Lipinski definition) is 0. The van der Waals surface area contributed by atoms with E-state index in [2.05, 4.69) is 324 Å². The highest BCUT2D eigenvalue weighted by molar-refractivity contribution is 6.16. The van der Waals surface area contributed by atoms with Crippen LogP contribution in [0.1, 0.15) is 11.1 Å². The van der Waals surface area contributed by atoms with Crippen LogP contribution < -0.4 is 19.6 Å². The quantitative estimate of drug-likeness (QED) is 0.108. The Balaban J connectivity index is 0.994. The van der Waals surface area contributed by atoms with Gasteiger partial charge in [-0.05, 0) is 173 Å². The molecular formula is C71H54N4. The lowest BCUT2D eigenvalue weighted by atomic mass is 9.85. The van der Waals surface area contributed by atoms with E-state index in [4.69, 9.17) is 0 Å². The predicted molar refractivity (Wildman–Crippen MR) is 320 cm³/mol. The highest BCUT2D eigenvalue weighted by atomic mass is 15.2. The summed E-state index contributed by atoms with van der Waals surface area (Å²) in [4.78, 5) is 9.39. The van der Waals surface area contributed by atoms with Gasteiger partial charge in [0.2, 0.25) is 0 Å². The standard InChI is InChI=1S/C71H54N4/c1-3-53-51-69(75(59-36-20-9-21-37-59)63-48-44-61(45-49-63)73(56-30-14-6-15-31-56)57-32-16-7-17-33-57)65-39-23-25-41-67(65)71(53)70-52(2)50-68(64-38-22-24-40-66(64)70)74(58-34-18-8-19-35-58)62-46-42-60(43-47-62)72(54-26-10-4-11-27-54)55-28-12-5-13-29-55/h3-51H,1H2,2H3. The molecule has 0 heterocycles. The molecule has 75 heavy (non-hydrogen) atoms. The smallest absolute Gasteiger partial charge is 0.0546 e. The third-order valence-corrected chi connectivity index (χ3v) is 14.0. The molecule has 4 heteroatoms. The van der Waals surface area contributed by atoms with Gasteiger partial charge in [0.05, 0.1) is 11.4 Å². The first-order chi connectivity index (χ1) is 37.1. The van der Waals surface area contributed by atoms with Crippen molar-refractivity contribution in [3.8, 4) is 11.1 Å². The molecule has 0 atom stereocenters. The minimum absolute atomic E-state index is 1.05. The van der Waals surface area contributed by atoms with Crippen LogP contribution in [0.2, 0.25) is 0 Å². The van der Waals surface area contributed by atoms with Crippen molar-refractivity contribution < 1.29 is 0 Å². The van der Waals surface area contributed by atoms with Crippen molar-refractivity contribution in [2.24, 2.45) is 0 Å². The van der Waals surface area contributed by atoms with E-state index in [0.29, 0.717) is 0 Å². The molecule has 12 aromatic rings. The molecule has 0 unspecified atom stereocenters. The first kappa shape index (κ1) is 46.2. The van der Waals surface area contributed by atoms with Crippen LogP contribution in [0.5, 0.6) is 0 Å². The number of anilines is 12. The predicted octanol–water partition coefficient (Wildman–Crippen LogP) is 20.5. The fourth-order valence-electron chi connectivity index (χ4n) is 10.7. The molecule has 12 rings (SSSR count). The van der Waals surface area contributed by atoms with Gasteiger partial charge in [0.1, 0.15) is 0 Å². The van der Waals surface area contributed by atoms with E-state index in [-0.39, 0.29) is 0 Å². The van der Waals surface area contributed by atoms with E-state index in [1.54, 1.807) is 0 Å². The monoisotopic (exact) mass is 962 g/mol. The summed E-state index contributed by atoms with van der Waals surface area (Å²) in [6.07, 6.45) is 2.03. The van der Waals surface area contributed by atoms with Crippen LogP contribution >= 0.6 is 0 Å². The average molecular weight is 963 g/mol. The maximum Gasteiger partial charge on any atom is 0.0546 e. The van der Waals surface area contributed by atoms with Gasteiger partial charge < -0.3 is 19.6 Å². The minimum Gasteiger partial charge on any atom is -0.311 e. The van der Waals surface area contributed by atoms with Gasteiger partial charge in [0.15, 0.2) is 0 Å². The van der Waals surface area contributed by atoms with Gasteiger partial charge in [0.25, 0.3) is 0 Å². The summed E-state index contributed by atoms with van der Waals surface area (Å²) < 4.78 is 0. The van der Waals surface area contributed by atoms with Crippen LogP contribution in [-0.2, 0) is 0 Å². The van der Waals surface area contributed by atoms with Crippen molar-refractivity contribution in [3.63, 3.8) is 0 Å². The molecular weight excluding hydrogens is 909 g/mol. The van der Waals surface area contributed by atoms with Crippen LogP contribution in [0.15, 0.2) is 298 Å². The second kappa shape index (κ2) is 20.7. The van der Waals surface area contributed by atoms with Crippen molar-refractivity contribution in [1.29, 1.82) is 0 Å². The van der Waals surface area contributed by atoms with E-state index in [9.17, 15) is 0 Å². The molecule has 0 aliphatic heterocycles. The van der Waals surface area contributed by atoms with Crippen LogP contribution in [0.4, 0.5) is 68.2 Å². The molecule has 12 aromatic carbocycles. The van der Waals surface area contributed by atoms with Crippen LogP contribution in [-0.4, -0.2) is 0 Å². The SMILES string of the molecule is C=Cc1cc(N(c2ccccc2)c2ccc(N(c3ccccc3)c3ccccc3)cc2)c2ccccc2c1-c1c(C)cc(N(c2ccccc2)c2ccc(N(c3ccccc3)c3ccccc3)cc2)c2ccccc12. The number of rotatable bonds is 14. The van der Waals surface area contributed by atoms with Crippen molar-refractivity contribution in [2.45, 2.75) is 6.92 Å². The number of nitrogens with zero attached hydrogens (tertiary/aromatic N) is 4. The maximum atomic E-state index is 4.52. The lowest BCUT2D eigenvalue weighted by molar-refractivity contribution is 1.26. The van der Waals surface area contributed by atoms with Gasteiger partial charge in [-0.1, -0.05) is 170 Å². The summed E-state index contributed by atoms with van der Waals surface area (Å²) in [5.74, 6) is 0. The minimum atomic E-state index is 1.05. The summed E-state index contributed by atoms with van der Waals surface area (Å²) in [7, 11) is 0. The average Bonchev–Trinajstić information content (AvgIpc) is 3.49.